The van der Waals surface area contributed by atoms with E-state index in [9.17, 15) is 19.5 Å². The molecule has 2 amide bonds. The van der Waals surface area contributed by atoms with E-state index in [0.29, 0.717) is 29.0 Å². The van der Waals surface area contributed by atoms with Gasteiger partial charge >= 0.3 is 5.97 Å². The number of methoxy groups -OCH3 is 1. The maximum Gasteiger partial charge on any atom is 0.337 e. The number of nitrogens with one attached hydrogen (secondary N) is 1. The average molecular weight is 580 g/mol. The molecule has 0 spiro atoms. The third-order valence-electron chi connectivity index (χ3n) is 7.16. The van der Waals surface area contributed by atoms with Crippen LogP contribution >= 0.6 is 27.5 Å². The van der Waals surface area contributed by atoms with Gasteiger partial charge in [0.05, 0.1) is 24.2 Å². The summed E-state index contributed by atoms with van der Waals surface area (Å²) in [5.41, 5.74) is -0.407. The van der Waals surface area contributed by atoms with Gasteiger partial charge in [0.25, 0.3) is 5.91 Å². The number of carbonyl (C=O) groups is 3. The molecule has 2 N–H and O–H groups in total. The molecule has 0 saturated carbocycles. The monoisotopic (exact) mass is 578 g/mol. The van der Waals surface area contributed by atoms with Crippen molar-refractivity contribution in [2.45, 2.75) is 45.8 Å². The Labute approximate surface area is 225 Å². The Kier molecular flexibility index (Phi) is 8.53. The summed E-state index contributed by atoms with van der Waals surface area (Å²) in [6.45, 7) is 8.20. The van der Waals surface area contributed by atoms with Gasteiger partial charge in [-0.2, -0.15) is 0 Å². The minimum atomic E-state index is -1.10. The second kappa shape index (κ2) is 10.9. The number of esters is 1. The number of halogens is 2. The van der Waals surface area contributed by atoms with Crippen LogP contribution in [0.4, 0.5) is 0 Å². The molecule has 2 aromatic rings. The molecule has 2 aromatic carbocycles. The van der Waals surface area contributed by atoms with Gasteiger partial charge in [-0.25, -0.2) is 4.79 Å². The van der Waals surface area contributed by atoms with E-state index in [-0.39, 0.29) is 17.0 Å². The number of carbonyl (C=O) groups excluding carboxylic acids is 3. The van der Waals surface area contributed by atoms with Crippen molar-refractivity contribution in [3.05, 3.63) is 68.7 Å². The summed E-state index contributed by atoms with van der Waals surface area (Å²) in [5.74, 6) is -1.55. The van der Waals surface area contributed by atoms with Gasteiger partial charge in [0.1, 0.15) is 0 Å². The first-order valence-electron chi connectivity index (χ1n) is 11.8. The summed E-state index contributed by atoms with van der Waals surface area (Å²) in [4.78, 5) is 39.9. The predicted molar refractivity (Wildman–Crippen MR) is 142 cm³/mol. The quantitative estimate of drug-likeness (QED) is 0.480. The van der Waals surface area contributed by atoms with Crippen LogP contribution in [0.15, 0.2) is 46.9 Å². The lowest BCUT2D eigenvalue weighted by Gasteiger charge is -2.51. The molecule has 3 rings (SSSR count). The van der Waals surface area contributed by atoms with Gasteiger partial charge in [0.15, 0.2) is 0 Å². The number of piperidine rings is 1. The predicted octanol–water partition coefficient (Wildman–Crippen LogP) is 4.79. The van der Waals surface area contributed by atoms with Crippen LogP contribution in [0.3, 0.4) is 0 Å². The second-order valence-corrected chi connectivity index (χ2v) is 11.4. The Hall–Kier alpha value is -2.42. The number of hydrogen-bond donors (Lipinski definition) is 2. The lowest BCUT2D eigenvalue weighted by Crippen LogP contribution is -2.58. The van der Waals surface area contributed by atoms with Gasteiger partial charge < -0.3 is 20.1 Å². The number of hydrogen-bond acceptors (Lipinski definition) is 5. The highest BCUT2D eigenvalue weighted by Crippen LogP contribution is 2.46. The van der Waals surface area contributed by atoms with E-state index < -0.39 is 34.9 Å². The van der Waals surface area contributed by atoms with E-state index >= 15 is 0 Å². The van der Waals surface area contributed by atoms with E-state index in [1.165, 1.54) is 13.2 Å². The Balaban J connectivity index is 1.69. The molecule has 0 radical (unpaired) electrons. The van der Waals surface area contributed by atoms with E-state index in [2.05, 4.69) is 21.2 Å². The molecule has 194 valence electrons. The molecule has 1 unspecified atom stereocenters. The lowest BCUT2D eigenvalue weighted by atomic mass is 9.66. The number of likely N-dealkylation sites (tertiary alicyclic amines) is 1. The van der Waals surface area contributed by atoms with Crippen LogP contribution in [0.25, 0.3) is 0 Å². The summed E-state index contributed by atoms with van der Waals surface area (Å²) in [6, 6.07) is 11.3. The van der Waals surface area contributed by atoms with E-state index in [1.54, 1.807) is 43.0 Å². The first-order valence-corrected chi connectivity index (χ1v) is 12.9. The average Bonchev–Trinajstić information content (AvgIpc) is 2.84. The molecule has 1 aliphatic heterocycles. The fourth-order valence-electron chi connectivity index (χ4n) is 4.64. The Morgan fingerprint density at radius 1 is 1.11 bits per heavy atom. The lowest BCUT2D eigenvalue weighted by molar-refractivity contribution is -0.156. The number of aliphatic hydroxyl groups is 1. The van der Waals surface area contributed by atoms with E-state index in [0.717, 1.165) is 5.56 Å². The van der Waals surface area contributed by atoms with Crippen LogP contribution in [0.5, 0.6) is 0 Å². The first kappa shape index (κ1) is 28.2. The molecule has 3 atom stereocenters. The minimum Gasteiger partial charge on any atom is -0.465 e. The Morgan fingerprint density at radius 3 is 2.31 bits per heavy atom. The van der Waals surface area contributed by atoms with Crippen molar-refractivity contribution >= 4 is 45.3 Å². The van der Waals surface area contributed by atoms with Gasteiger partial charge in [-0.1, -0.05) is 60.4 Å². The highest BCUT2D eigenvalue weighted by molar-refractivity contribution is 9.10. The molecule has 9 heteroatoms. The molecule has 1 heterocycles. The topological polar surface area (TPSA) is 95.9 Å². The highest BCUT2D eigenvalue weighted by atomic mass is 79.9. The Bertz CT molecular complexity index is 1150. The fourth-order valence-corrected chi connectivity index (χ4v) is 5.26. The number of ether oxygens (including phenoxy) is 1. The van der Waals surface area contributed by atoms with Crippen LogP contribution in [0.2, 0.25) is 5.02 Å². The van der Waals surface area contributed by atoms with E-state index in [4.69, 9.17) is 16.3 Å². The van der Waals surface area contributed by atoms with Gasteiger partial charge in [0.2, 0.25) is 5.91 Å². The van der Waals surface area contributed by atoms with Crippen LogP contribution < -0.4 is 5.32 Å². The smallest absolute Gasteiger partial charge is 0.337 e. The zero-order chi connectivity index (χ0) is 26.8. The van der Waals surface area contributed by atoms with Gasteiger partial charge in [-0.05, 0) is 49.2 Å². The Morgan fingerprint density at radius 2 is 1.72 bits per heavy atom. The molecule has 7 nitrogen and oxygen atoms in total. The third kappa shape index (κ3) is 5.76. The summed E-state index contributed by atoms with van der Waals surface area (Å²) in [5, 5.41) is 15.1. The zero-order valence-corrected chi connectivity index (χ0v) is 23.4. The normalized spacial score (nSPS) is 20.8. The third-order valence-corrected chi connectivity index (χ3v) is 7.87. The number of benzene rings is 2. The number of amides is 2. The van der Waals surface area contributed by atoms with Crippen molar-refractivity contribution in [3.8, 4) is 0 Å². The highest BCUT2D eigenvalue weighted by Gasteiger charge is 2.50. The summed E-state index contributed by atoms with van der Waals surface area (Å²) in [6.07, 6.45) is 0.384. The minimum absolute atomic E-state index is 0.0986. The molecular weight excluding hydrogens is 548 g/mol. The molecule has 1 saturated heterocycles. The fraction of sp³-hybridized carbons (Fsp3) is 0.444. The molecule has 36 heavy (non-hydrogen) atoms. The molecule has 0 aromatic heterocycles. The molecular formula is C27H32BrClN2O5. The van der Waals surface area contributed by atoms with Gasteiger partial charge in [0, 0.05) is 39.6 Å². The van der Waals surface area contributed by atoms with Gasteiger partial charge in [-0.15, -0.1) is 0 Å². The zero-order valence-electron chi connectivity index (χ0n) is 21.1. The van der Waals surface area contributed by atoms with Crippen molar-refractivity contribution in [2.75, 3.05) is 20.2 Å². The number of rotatable bonds is 6. The van der Waals surface area contributed by atoms with Crippen LogP contribution in [0, 0.1) is 11.3 Å². The van der Waals surface area contributed by atoms with Crippen molar-refractivity contribution in [1.29, 1.82) is 0 Å². The van der Waals surface area contributed by atoms with Crippen LogP contribution in [-0.4, -0.2) is 54.0 Å². The van der Waals surface area contributed by atoms with Crippen LogP contribution in [-0.2, 0) is 15.1 Å². The van der Waals surface area contributed by atoms with E-state index in [1.807, 2.05) is 26.0 Å². The SMILES string of the molecule is COC(=O)c1cc(Br)cc(C(=O)NC(C)[C@@H](C)C(=O)N2CC[C@](O)(c3ccc(Cl)cc3)C(C)(C)C2)c1. The maximum absolute atomic E-state index is 13.4. The van der Waals surface area contributed by atoms with Gasteiger partial charge in [-0.3, -0.25) is 9.59 Å². The summed E-state index contributed by atoms with van der Waals surface area (Å²) >= 11 is 9.33. The van der Waals surface area contributed by atoms with Crippen molar-refractivity contribution < 1.29 is 24.2 Å². The molecule has 1 fully saturated rings. The van der Waals surface area contributed by atoms with Crippen molar-refractivity contribution in [3.63, 3.8) is 0 Å². The molecule has 0 aliphatic carbocycles. The molecule has 0 bridgehead atoms. The van der Waals surface area contributed by atoms with Crippen LogP contribution in [0.1, 0.15) is 60.4 Å². The van der Waals surface area contributed by atoms with Crippen molar-refractivity contribution in [2.24, 2.45) is 11.3 Å². The number of nitrogens with zero attached hydrogens (tertiary/aromatic N) is 1. The first-order chi connectivity index (χ1) is 16.8. The summed E-state index contributed by atoms with van der Waals surface area (Å²) < 4.78 is 5.31. The second-order valence-electron chi connectivity index (χ2n) is 10.0. The van der Waals surface area contributed by atoms with Crippen molar-refractivity contribution in [1.82, 2.24) is 10.2 Å². The molecule has 1 aliphatic rings. The summed E-state index contributed by atoms with van der Waals surface area (Å²) in [7, 11) is 1.27. The standard InChI is InChI=1S/C27H32BrClN2O5/c1-16(17(2)30-23(32)18-12-19(25(34)36-5)14-21(28)13-18)24(33)31-11-10-27(35,26(3,4)15-31)20-6-8-22(29)9-7-20/h6-9,12-14,16-17,35H,10-11,15H2,1-5H3,(H,30,32)/t16-,17?,27+/m1/s1. The largest absolute Gasteiger partial charge is 0.465 e. The maximum atomic E-state index is 13.4.